The van der Waals surface area contributed by atoms with Crippen molar-refractivity contribution in [1.29, 1.82) is 0 Å². The zero-order valence-corrected chi connectivity index (χ0v) is 25.9. The highest BCUT2D eigenvalue weighted by molar-refractivity contribution is 5.93. The summed E-state index contributed by atoms with van der Waals surface area (Å²) in [6, 6.07) is 10.2. The van der Waals surface area contributed by atoms with Crippen molar-refractivity contribution in [3.63, 3.8) is 0 Å². The number of carbonyl (C=O) groups excluding carboxylic acids is 4. The molecule has 4 aliphatic carbocycles. The maximum atomic E-state index is 14.1. The third-order valence-electron chi connectivity index (χ3n) is 13.0. The Kier molecular flexibility index (Phi) is 8.00. The van der Waals surface area contributed by atoms with Gasteiger partial charge in [0.1, 0.15) is 23.9 Å². The minimum atomic E-state index is -0.587. The average molecular weight is 577 g/mol. The molecule has 1 aliphatic heterocycles. The molecular weight excluding hydrogens is 526 g/mol. The molecule has 42 heavy (non-hydrogen) atoms. The maximum absolute atomic E-state index is 14.1. The van der Waals surface area contributed by atoms with Gasteiger partial charge >= 0.3 is 5.97 Å². The van der Waals surface area contributed by atoms with Gasteiger partial charge in [0, 0.05) is 49.0 Å². The van der Waals surface area contributed by atoms with E-state index in [2.05, 4.69) is 38.2 Å². The summed E-state index contributed by atoms with van der Waals surface area (Å²) in [5.41, 5.74) is -0.125. The summed E-state index contributed by atoms with van der Waals surface area (Å²) in [5, 5.41) is 2.28. The van der Waals surface area contributed by atoms with E-state index in [0.29, 0.717) is 50.1 Å². The van der Waals surface area contributed by atoms with Crippen LogP contribution in [-0.2, 0) is 29.5 Å². The third-order valence-corrected chi connectivity index (χ3v) is 13.0. The van der Waals surface area contributed by atoms with Crippen LogP contribution in [0.2, 0.25) is 0 Å². The van der Waals surface area contributed by atoms with Crippen LogP contribution in [0.1, 0.15) is 103 Å². The number of esters is 1. The third kappa shape index (κ3) is 4.90. The monoisotopic (exact) mass is 576 g/mol. The van der Waals surface area contributed by atoms with Crippen LogP contribution >= 0.6 is 0 Å². The molecule has 228 valence electrons. The molecule has 4 saturated carbocycles. The van der Waals surface area contributed by atoms with Crippen LogP contribution in [0.4, 0.5) is 0 Å². The zero-order chi connectivity index (χ0) is 29.7. The number of fused-ring (bicyclic) bond motifs is 5. The summed E-state index contributed by atoms with van der Waals surface area (Å²) in [6.07, 6.45) is 8.74. The van der Waals surface area contributed by atoms with Gasteiger partial charge in [-0.2, -0.15) is 0 Å². The van der Waals surface area contributed by atoms with Crippen LogP contribution in [0.5, 0.6) is 0 Å². The van der Waals surface area contributed by atoms with Gasteiger partial charge in [-0.1, -0.05) is 51.1 Å². The lowest BCUT2D eigenvalue weighted by Gasteiger charge is -2.58. The van der Waals surface area contributed by atoms with Crippen molar-refractivity contribution in [3.05, 3.63) is 35.9 Å². The number of ketones is 3. The molecule has 6 heteroatoms. The van der Waals surface area contributed by atoms with Crippen LogP contribution in [0.3, 0.4) is 0 Å². The van der Waals surface area contributed by atoms with E-state index >= 15 is 0 Å². The Morgan fingerprint density at radius 1 is 1.00 bits per heavy atom. The smallest absolute Gasteiger partial charge is 0.306 e. The molecule has 1 unspecified atom stereocenters. The Bertz CT molecular complexity index is 1220. The highest BCUT2D eigenvalue weighted by Gasteiger charge is 2.66. The highest BCUT2D eigenvalue weighted by Crippen LogP contribution is 2.66. The number of ether oxygens (including phenoxy) is 1. The first-order valence-corrected chi connectivity index (χ1v) is 16.8. The van der Waals surface area contributed by atoms with Crippen molar-refractivity contribution in [1.82, 2.24) is 0 Å². The Morgan fingerprint density at radius 3 is 2.57 bits per heavy atom. The number of nitrogens with two attached hydrogens (primary N) is 1. The standard InChI is InChI=1S/C36H49NO5/c1-23(11-14-32(41)42-36(16-7-8-18-37-22-36)24-9-5-4-6-10-24)27-12-13-28-33-29(21-31(40)35(27,28)3)34(2)17-15-26(38)19-25(34)20-30(33)39/h4-6,9-10,23,25,27-29,33,37H,7-8,11-22H2,1-3H3/p+1/t23-,25+,27-,28+,29+,33+,34+,35-,36?/m1/s1. The molecule has 1 aromatic carbocycles. The van der Waals surface area contributed by atoms with Crippen molar-refractivity contribution in [3.8, 4) is 0 Å². The number of carbonyl (C=O) groups is 4. The first kappa shape index (κ1) is 29.7. The molecule has 9 atom stereocenters. The minimum Gasteiger partial charge on any atom is -0.448 e. The van der Waals surface area contributed by atoms with Crippen molar-refractivity contribution in [2.45, 2.75) is 103 Å². The molecule has 1 saturated heterocycles. The molecular formula is C36H50NO5+. The molecule has 1 heterocycles. The van der Waals surface area contributed by atoms with Crippen LogP contribution < -0.4 is 5.32 Å². The second-order valence-electron chi connectivity index (χ2n) is 15.0. The van der Waals surface area contributed by atoms with E-state index in [-0.39, 0.29) is 52.7 Å². The summed E-state index contributed by atoms with van der Waals surface area (Å²) in [5.74, 6) is 1.27. The minimum absolute atomic E-state index is 0.0667. The molecule has 0 radical (unpaired) electrons. The van der Waals surface area contributed by atoms with Gasteiger partial charge < -0.3 is 10.1 Å². The lowest BCUT2D eigenvalue weighted by Crippen LogP contribution is -2.87. The van der Waals surface area contributed by atoms with Crippen molar-refractivity contribution in [2.24, 2.45) is 46.3 Å². The van der Waals surface area contributed by atoms with E-state index < -0.39 is 11.0 Å². The molecule has 0 amide bonds. The summed E-state index contributed by atoms with van der Waals surface area (Å²) in [6.45, 7) is 8.41. The second kappa shape index (κ2) is 11.3. The fourth-order valence-electron chi connectivity index (χ4n) is 10.5. The number of hydrogen-bond acceptors (Lipinski definition) is 5. The Balaban J connectivity index is 1.15. The van der Waals surface area contributed by atoms with Gasteiger partial charge in [0.05, 0.1) is 6.54 Å². The lowest BCUT2D eigenvalue weighted by molar-refractivity contribution is -0.665. The summed E-state index contributed by atoms with van der Waals surface area (Å²) >= 11 is 0. The van der Waals surface area contributed by atoms with Crippen molar-refractivity contribution >= 4 is 23.3 Å². The second-order valence-corrected chi connectivity index (χ2v) is 15.0. The molecule has 0 spiro atoms. The number of quaternary nitrogens is 1. The number of Topliss-reactive ketones (excluding diaryl/α,β-unsaturated/α-hetero) is 3. The van der Waals surface area contributed by atoms with Gasteiger partial charge in [-0.3, -0.25) is 19.2 Å². The van der Waals surface area contributed by atoms with Crippen LogP contribution in [0, 0.1) is 46.3 Å². The summed E-state index contributed by atoms with van der Waals surface area (Å²) in [4.78, 5) is 53.5. The zero-order valence-electron chi connectivity index (χ0n) is 25.9. The fourth-order valence-corrected chi connectivity index (χ4v) is 10.5. The Labute approximate surface area is 251 Å². The van der Waals surface area contributed by atoms with Gasteiger partial charge in [-0.15, -0.1) is 0 Å². The van der Waals surface area contributed by atoms with E-state index in [1.54, 1.807) is 0 Å². The predicted molar refractivity (Wildman–Crippen MR) is 159 cm³/mol. The number of hydrogen-bond donors (Lipinski definition) is 1. The van der Waals surface area contributed by atoms with Crippen LogP contribution in [-0.4, -0.2) is 36.4 Å². The normalized spacial score (nSPS) is 40.8. The number of benzene rings is 1. The summed E-state index contributed by atoms with van der Waals surface area (Å²) in [7, 11) is 0. The molecule has 5 fully saturated rings. The van der Waals surface area contributed by atoms with Crippen molar-refractivity contribution in [2.75, 3.05) is 13.1 Å². The quantitative estimate of drug-likeness (QED) is 0.472. The highest BCUT2D eigenvalue weighted by atomic mass is 16.6. The van der Waals surface area contributed by atoms with E-state index in [0.717, 1.165) is 57.2 Å². The predicted octanol–water partition coefficient (Wildman–Crippen LogP) is 5.17. The molecule has 1 aromatic rings. The van der Waals surface area contributed by atoms with Crippen molar-refractivity contribution < 1.29 is 29.2 Å². The maximum Gasteiger partial charge on any atom is 0.306 e. The number of rotatable bonds is 6. The Hall–Kier alpha value is -2.34. The van der Waals surface area contributed by atoms with E-state index in [1.807, 2.05) is 18.2 Å². The first-order chi connectivity index (χ1) is 20.1. The molecule has 0 bridgehead atoms. The molecule has 6 nitrogen and oxygen atoms in total. The Morgan fingerprint density at radius 2 is 1.79 bits per heavy atom. The first-order valence-electron chi connectivity index (χ1n) is 16.8. The van der Waals surface area contributed by atoms with Crippen LogP contribution in [0.15, 0.2) is 30.3 Å². The van der Waals surface area contributed by atoms with Gasteiger partial charge in [0.25, 0.3) is 0 Å². The van der Waals surface area contributed by atoms with E-state index in [9.17, 15) is 19.2 Å². The van der Waals surface area contributed by atoms with Gasteiger partial charge in [0.15, 0.2) is 5.60 Å². The topological polar surface area (TPSA) is 94.1 Å². The summed E-state index contributed by atoms with van der Waals surface area (Å²) < 4.78 is 6.36. The molecule has 0 aromatic heterocycles. The van der Waals surface area contributed by atoms with Crippen LogP contribution in [0.25, 0.3) is 0 Å². The van der Waals surface area contributed by atoms with E-state index in [1.165, 1.54) is 0 Å². The molecule has 5 aliphatic rings. The largest absolute Gasteiger partial charge is 0.448 e. The fraction of sp³-hybridized carbons (Fsp3) is 0.722. The van der Waals surface area contributed by atoms with Gasteiger partial charge in [0.2, 0.25) is 0 Å². The lowest BCUT2D eigenvalue weighted by atomic mass is 9.44. The average Bonchev–Trinajstić information content (AvgIpc) is 3.16. The van der Waals surface area contributed by atoms with E-state index in [4.69, 9.17) is 4.74 Å². The SMILES string of the molecule is C[C@H](CCC(=O)OC1(c2ccccc2)CCCC[NH2+]C1)[C@H]1CC[C@H]2[C@@H]3C(=O)C[C@@H]4CC(=O)CC[C@]4(C)[C@H]3CC(=O)[C@]12C. The molecule has 6 rings (SSSR count). The van der Waals surface area contributed by atoms with Gasteiger partial charge in [-0.05, 0) is 80.0 Å². The molecule has 2 N–H and O–H groups in total. The van der Waals surface area contributed by atoms with Gasteiger partial charge in [-0.25, -0.2) is 0 Å².